The van der Waals surface area contributed by atoms with Crippen LogP contribution >= 0.6 is 0 Å². The lowest BCUT2D eigenvalue weighted by atomic mass is 9.94. The van der Waals surface area contributed by atoms with E-state index in [0.29, 0.717) is 12.4 Å². The van der Waals surface area contributed by atoms with Gasteiger partial charge in [-0.1, -0.05) is 6.42 Å². The zero-order valence-corrected chi connectivity index (χ0v) is 7.44. The van der Waals surface area contributed by atoms with Crippen molar-refractivity contribution < 1.29 is 14.3 Å². The van der Waals surface area contributed by atoms with Crippen molar-refractivity contribution in [2.75, 3.05) is 6.61 Å². The predicted octanol–water partition coefficient (Wildman–Crippen LogP) is 0.899. The molecule has 0 N–H and O–H groups in total. The second-order valence-corrected chi connectivity index (χ2v) is 3.38. The van der Waals surface area contributed by atoms with E-state index in [2.05, 4.69) is 4.99 Å². The highest BCUT2D eigenvalue weighted by molar-refractivity contribution is 5.71. The van der Waals surface area contributed by atoms with Crippen molar-refractivity contribution in [1.29, 1.82) is 0 Å². The molecule has 2 aliphatic rings. The highest BCUT2D eigenvalue weighted by Crippen LogP contribution is 2.28. The van der Waals surface area contributed by atoms with Gasteiger partial charge in [0.1, 0.15) is 12.7 Å². The summed E-state index contributed by atoms with van der Waals surface area (Å²) in [5, 5.41) is 0. The number of hydrogen-bond acceptors (Lipinski definition) is 4. The standard InChI is InChI=1S/C9H13NO3/c11-5-6-12-9-10-7-3-1-2-4-8(7)13-9/h5,7-8H,1-4,6H2. The number of ether oxygens (including phenoxy) is 2. The van der Waals surface area contributed by atoms with Crippen LogP contribution in [0.15, 0.2) is 4.99 Å². The van der Waals surface area contributed by atoms with E-state index >= 15 is 0 Å². The highest BCUT2D eigenvalue weighted by Gasteiger charge is 2.33. The molecule has 0 amide bonds. The fraction of sp³-hybridized carbons (Fsp3) is 0.778. The number of nitrogens with zero attached hydrogens (tertiary/aromatic N) is 1. The van der Waals surface area contributed by atoms with Crippen LogP contribution in [0, 0.1) is 0 Å². The summed E-state index contributed by atoms with van der Waals surface area (Å²) in [6.07, 6.45) is 5.78. The summed E-state index contributed by atoms with van der Waals surface area (Å²) in [5.74, 6) is 0. The molecule has 4 heteroatoms. The second kappa shape index (κ2) is 3.77. The van der Waals surface area contributed by atoms with E-state index in [0.717, 1.165) is 12.8 Å². The van der Waals surface area contributed by atoms with Gasteiger partial charge in [0.05, 0.1) is 6.04 Å². The summed E-state index contributed by atoms with van der Waals surface area (Å²) in [4.78, 5) is 14.3. The molecule has 2 unspecified atom stereocenters. The van der Waals surface area contributed by atoms with Crippen molar-refractivity contribution in [2.24, 2.45) is 4.99 Å². The Bertz CT molecular complexity index is 227. The summed E-state index contributed by atoms with van der Waals surface area (Å²) >= 11 is 0. The summed E-state index contributed by atoms with van der Waals surface area (Å²) in [7, 11) is 0. The molecule has 0 aromatic heterocycles. The maximum Gasteiger partial charge on any atom is 0.384 e. The average Bonchev–Trinajstić information content (AvgIpc) is 2.57. The lowest BCUT2D eigenvalue weighted by Crippen LogP contribution is -2.26. The van der Waals surface area contributed by atoms with Gasteiger partial charge in [0, 0.05) is 0 Å². The van der Waals surface area contributed by atoms with Gasteiger partial charge in [-0.05, 0) is 19.3 Å². The Kier molecular flexibility index (Phi) is 2.47. The number of carbonyl (C=O) groups excluding carboxylic acids is 1. The first kappa shape index (κ1) is 8.53. The maximum absolute atomic E-state index is 10.0. The van der Waals surface area contributed by atoms with Crippen LogP contribution in [-0.2, 0) is 14.3 Å². The summed E-state index contributed by atoms with van der Waals surface area (Å²) in [6.45, 7) is 0.0400. The molecule has 1 aliphatic heterocycles. The Balaban J connectivity index is 1.89. The van der Waals surface area contributed by atoms with Crippen molar-refractivity contribution in [3.8, 4) is 0 Å². The number of rotatable bonds is 2. The fourth-order valence-electron chi connectivity index (χ4n) is 1.83. The molecule has 0 saturated heterocycles. The largest absolute Gasteiger partial charge is 0.445 e. The van der Waals surface area contributed by atoms with Crippen molar-refractivity contribution in [3.63, 3.8) is 0 Å². The molecule has 1 fully saturated rings. The van der Waals surface area contributed by atoms with Gasteiger partial charge >= 0.3 is 6.08 Å². The molecule has 0 spiro atoms. The van der Waals surface area contributed by atoms with Crippen LogP contribution in [0.3, 0.4) is 0 Å². The van der Waals surface area contributed by atoms with Gasteiger partial charge in [-0.15, -0.1) is 0 Å². The zero-order valence-electron chi connectivity index (χ0n) is 7.44. The van der Waals surface area contributed by atoms with Gasteiger partial charge in [0.2, 0.25) is 0 Å². The molecule has 0 aromatic carbocycles. The van der Waals surface area contributed by atoms with Gasteiger partial charge in [-0.2, -0.15) is 0 Å². The third-order valence-electron chi connectivity index (χ3n) is 2.47. The fourth-order valence-corrected chi connectivity index (χ4v) is 1.83. The van der Waals surface area contributed by atoms with Crippen LogP contribution in [0.2, 0.25) is 0 Å². The minimum atomic E-state index is 0.0400. The lowest BCUT2D eigenvalue weighted by Gasteiger charge is -2.21. The normalized spacial score (nSPS) is 31.5. The number of aliphatic imine (C=N–C) groups is 1. The third kappa shape index (κ3) is 1.82. The van der Waals surface area contributed by atoms with E-state index in [4.69, 9.17) is 9.47 Å². The van der Waals surface area contributed by atoms with Gasteiger partial charge in [0.25, 0.3) is 0 Å². The minimum Gasteiger partial charge on any atom is -0.445 e. The van der Waals surface area contributed by atoms with Gasteiger partial charge in [0.15, 0.2) is 6.29 Å². The molecule has 2 atom stereocenters. The highest BCUT2D eigenvalue weighted by atomic mass is 16.7. The Morgan fingerprint density at radius 3 is 3.15 bits per heavy atom. The monoisotopic (exact) mass is 183 g/mol. The van der Waals surface area contributed by atoms with Crippen LogP contribution in [0.25, 0.3) is 0 Å². The Labute approximate surface area is 76.9 Å². The van der Waals surface area contributed by atoms with Crippen LogP contribution in [-0.4, -0.2) is 31.1 Å². The van der Waals surface area contributed by atoms with Crippen LogP contribution in [0.1, 0.15) is 25.7 Å². The average molecular weight is 183 g/mol. The minimum absolute atomic E-state index is 0.0400. The van der Waals surface area contributed by atoms with Crippen LogP contribution in [0.4, 0.5) is 0 Å². The molecule has 0 aromatic rings. The SMILES string of the molecule is O=CCOC1=NC2CCCCC2O1. The summed E-state index contributed by atoms with van der Waals surface area (Å²) < 4.78 is 10.4. The van der Waals surface area contributed by atoms with Gasteiger partial charge < -0.3 is 9.47 Å². The second-order valence-electron chi connectivity index (χ2n) is 3.38. The molecule has 13 heavy (non-hydrogen) atoms. The first-order valence-electron chi connectivity index (χ1n) is 4.71. The summed E-state index contributed by atoms with van der Waals surface area (Å²) in [5.41, 5.74) is 0. The van der Waals surface area contributed by atoms with Gasteiger partial charge in [-0.3, -0.25) is 4.79 Å². The number of hydrogen-bond donors (Lipinski definition) is 0. The molecular formula is C9H13NO3. The molecule has 2 rings (SSSR count). The van der Waals surface area contributed by atoms with Gasteiger partial charge in [-0.25, -0.2) is 4.99 Å². The molecule has 0 radical (unpaired) electrons. The van der Waals surface area contributed by atoms with Crippen LogP contribution < -0.4 is 0 Å². The molecule has 1 aliphatic carbocycles. The number of aldehydes is 1. The topological polar surface area (TPSA) is 47.9 Å². The first-order chi connectivity index (χ1) is 6.40. The number of carbonyl (C=O) groups is 1. The predicted molar refractivity (Wildman–Crippen MR) is 46.6 cm³/mol. The molecule has 4 nitrogen and oxygen atoms in total. The molecule has 0 bridgehead atoms. The van der Waals surface area contributed by atoms with Crippen molar-refractivity contribution >= 4 is 12.4 Å². The lowest BCUT2D eigenvalue weighted by molar-refractivity contribution is -0.110. The van der Waals surface area contributed by atoms with E-state index in [1.807, 2.05) is 0 Å². The first-order valence-corrected chi connectivity index (χ1v) is 4.71. The third-order valence-corrected chi connectivity index (χ3v) is 2.47. The van der Waals surface area contributed by atoms with E-state index in [1.54, 1.807) is 0 Å². The number of fused-ring (bicyclic) bond motifs is 1. The maximum atomic E-state index is 10.0. The smallest absolute Gasteiger partial charge is 0.384 e. The van der Waals surface area contributed by atoms with Crippen molar-refractivity contribution in [3.05, 3.63) is 0 Å². The Morgan fingerprint density at radius 2 is 2.38 bits per heavy atom. The molecule has 1 heterocycles. The Morgan fingerprint density at radius 1 is 1.54 bits per heavy atom. The zero-order chi connectivity index (χ0) is 9.10. The van der Waals surface area contributed by atoms with E-state index in [9.17, 15) is 4.79 Å². The molecule has 72 valence electrons. The van der Waals surface area contributed by atoms with E-state index in [1.165, 1.54) is 12.8 Å². The Hall–Kier alpha value is -1.06. The van der Waals surface area contributed by atoms with Crippen molar-refractivity contribution in [1.82, 2.24) is 0 Å². The molecule has 1 saturated carbocycles. The molecular weight excluding hydrogens is 170 g/mol. The quantitative estimate of drug-likeness (QED) is 0.597. The van der Waals surface area contributed by atoms with E-state index < -0.39 is 0 Å². The van der Waals surface area contributed by atoms with Crippen molar-refractivity contribution in [2.45, 2.75) is 37.8 Å². The van der Waals surface area contributed by atoms with E-state index in [-0.39, 0.29) is 18.8 Å². The van der Waals surface area contributed by atoms with Crippen LogP contribution in [0.5, 0.6) is 0 Å². The summed E-state index contributed by atoms with van der Waals surface area (Å²) in [6, 6.07) is 0.274.